The highest BCUT2D eigenvalue weighted by Crippen LogP contribution is 2.42. The van der Waals surface area contributed by atoms with Crippen molar-refractivity contribution < 1.29 is 19.5 Å². The predicted molar refractivity (Wildman–Crippen MR) is 115 cm³/mol. The summed E-state index contributed by atoms with van der Waals surface area (Å²) >= 11 is 0. The standard InChI is InChI=1S/C14H24N2O3.C7H8N4O/c15-10-12(17)16-9-5-4-8-14(16,13(18)19)11-6-2-1-3-7-11;8-6(9)5-2-1-4(3-11-5)7(10)12/h11H,1-10,15H2,(H,18,19);1-3H,(H3,8,9)(H2,10,12). The van der Waals surface area contributed by atoms with Crippen LogP contribution in [-0.4, -0.2) is 57.2 Å². The fraction of sp³-hybridized carbons (Fsp3) is 0.571. The Kier molecular flexibility index (Phi) is 8.49. The Labute approximate surface area is 181 Å². The van der Waals surface area contributed by atoms with E-state index in [1.165, 1.54) is 24.8 Å². The second kappa shape index (κ2) is 10.9. The van der Waals surface area contributed by atoms with Gasteiger partial charge in [-0.05, 0) is 50.2 Å². The average molecular weight is 433 g/mol. The van der Waals surface area contributed by atoms with Gasteiger partial charge in [0.25, 0.3) is 0 Å². The first-order valence-electron chi connectivity index (χ1n) is 10.6. The number of amidine groups is 1. The number of nitrogens with two attached hydrogens (primary N) is 3. The van der Waals surface area contributed by atoms with E-state index in [4.69, 9.17) is 22.6 Å². The number of primary amides is 1. The zero-order valence-corrected chi connectivity index (χ0v) is 17.7. The minimum Gasteiger partial charge on any atom is -0.479 e. The first kappa shape index (κ1) is 24.3. The van der Waals surface area contributed by atoms with Crippen LogP contribution in [0.5, 0.6) is 0 Å². The fourth-order valence-corrected chi connectivity index (χ4v) is 4.56. The van der Waals surface area contributed by atoms with E-state index in [2.05, 4.69) is 4.98 Å². The number of carboxylic acids is 1. The number of rotatable bonds is 5. The van der Waals surface area contributed by atoms with Crippen molar-refractivity contribution in [3.63, 3.8) is 0 Å². The van der Waals surface area contributed by atoms with Crippen LogP contribution in [0.4, 0.5) is 0 Å². The molecule has 1 atom stereocenters. The minimum absolute atomic E-state index is 0.0922. The van der Waals surface area contributed by atoms with Gasteiger partial charge < -0.3 is 27.2 Å². The lowest BCUT2D eigenvalue weighted by Gasteiger charge is -2.49. The molecule has 1 saturated carbocycles. The third-order valence-electron chi connectivity index (χ3n) is 6.12. The number of carbonyl (C=O) groups excluding carboxylic acids is 2. The van der Waals surface area contributed by atoms with Gasteiger partial charge in [0.15, 0.2) is 0 Å². The lowest BCUT2D eigenvalue weighted by molar-refractivity contribution is -0.168. The van der Waals surface area contributed by atoms with E-state index in [0.717, 1.165) is 38.5 Å². The highest BCUT2D eigenvalue weighted by molar-refractivity contribution is 5.95. The van der Waals surface area contributed by atoms with Gasteiger partial charge in [0, 0.05) is 12.7 Å². The maximum Gasteiger partial charge on any atom is 0.329 e. The van der Waals surface area contributed by atoms with E-state index in [0.29, 0.717) is 24.2 Å². The number of aliphatic carboxylic acids is 1. The maximum absolute atomic E-state index is 12.1. The van der Waals surface area contributed by atoms with Gasteiger partial charge in [0.2, 0.25) is 11.8 Å². The van der Waals surface area contributed by atoms with Crippen molar-refractivity contribution >= 4 is 23.6 Å². The Morgan fingerprint density at radius 3 is 2.29 bits per heavy atom. The quantitative estimate of drug-likeness (QED) is 0.336. The van der Waals surface area contributed by atoms with Gasteiger partial charge in [-0.15, -0.1) is 0 Å². The molecule has 170 valence electrons. The molecule has 10 nitrogen and oxygen atoms in total. The first-order chi connectivity index (χ1) is 14.7. The van der Waals surface area contributed by atoms with Crippen molar-refractivity contribution in [3.8, 4) is 0 Å². The maximum atomic E-state index is 12.1. The summed E-state index contributed by atoms with van der Waals surface area (Å²) in [5.74, 6) is -1.63. The summed E-state index contributed by atoms with van der Waals surface area (Å²) in [7, 11) is 0. The summed E-state index contributed by atoms with van der Waals surface area (Å²) in [5.41, 5.74) is 15.2. The largest absolute Gasteiger partial charge is 0.479 e. The van der Waals surface area contributed by atoms with Gasteiger partial charge in [0.1, 0.15) is 17.1 Å². The van der Waals surface area contributed by atoms with Crippen LogP contribution in [-0.2, 0) is 9.59 Å². The molecule has 10 heteroatoms. The van der Waals surface area contributed by atoms with E-state index in [1.54, 1.807) is 4.90 Å². The number of piperidine rings is 1. The molecule has 1 aliphatic heterocycles. The Morgan fingerprint density at radius 2 is 1.81 bits per heavy atom. The zero-order valence-electron chi connectivity index (χ0n) is 17.7. The molecule has 0 bridgehead atoms. The molecule has 31 heavy (non-hydrogen) atoms. The van der Waals surface area contributed by atoms with E-state index in [9.17, 15) is 19.5 Å². The molecule has 1 aromatic rings. The smallest absolute Gasteiger partial charge is 0.329 e. The zero-order chi connectivity index (χ0) is 23.0. The molecule has 2 heterocycles. The van der Waals surface area contributed by atoms with Crippen molar-refractivity contribution in [2.75, 3.05) is 13.1 Å². The van der Waals surface area contributed by atoms with Gasteiger partial charge in [-0.2, -0.15) is 0 Å². The monoisotopic (exact) mass is 432 g/mol. The average Bonchev–Trinajstić information content (AvgIpc) is 2.79. The van der Waals surface area contributed by atoms with Crippen LogP contribution in [0.3, 0.4) is 0 Å². The molecule has 1 saturated heterocycles. The Hall–Kier alpha value is -3.01. The number of carbonyl (C=O) groups is 3. The lowest BCUT2D eigenvalue weighted by atomic mass is 9.69. The van der Waals surface area contributed by atoms with Gasteiger partial charge >= 0.3 is 5.97 Å². The Bertz CT molecular complexity index is 774. The number of nitrogen functional groups attached to an aromatic ring is 1. The number of nitrogens with one attached hydrogen (secondary N) is 1. The summed E-state index contributed by atoms with van der Waals surface area (Å²) in [5, 5.41) is 16.8. The minimum atomic E-state index is -0.991. The van der Waals surface area contributed by atoms with Crippen LogP contribution in [0.15, 0.2) is 18.3 Å². The lowest BCUT2D eigenvalue weighted by Crippen LogP contribution is -2.64. The third kappa shape index (κ3) is 5.57. The van der Waals surface area contributed by atoms with Crippen LogP contribution in [0.2, 0.25) is 0 Å². The SMILES string of the molecule is N=C(N)c1ccc(C(N)=O)cn1.NCC(=O)N1CCCCC1(C(=O)O)C1CCCCC1. The van der Waals surface area contributed by atoms with Crippen molar-refractivity contribution in [1.29, 1.82) is 5.41 Å². The fourth-order valence-electron chi connectivity index (χ4n) is 4.56. The second-order valence-corrected chi connectivity index (χ2v) is 7.98. The summed E-state index contributed by atoms with van der Waals surface area (Å²) in [6.45, 7) is 0.445. The molecule has 8 N–H and O–H groups in total. The Balaban J connectivity index is 0.000000245. The number of pyridine rings is 1. The number of hydrogen-bond donors (Lipinski definition) is 5. The number of likely N-dealkylation sites (tertiary alicyclic amines) is 1. The van der Waals surface area contributed by atoms with Gasteiger partial charge in [-0.3, -0.25) is 20.0 Å². The number of carboxylic acid groups (broad SMARTS) is 1. The number of amides is 2. The molecule has 0 radical (unpaired) electrons. The molecule has 2 fully saturated rings. The van der Waals surface area contributed by atoms with E-state index in [1.807, 2.05) is 0 Å². The van der Waals surface area contributed by atoms with Crippen LogP contribution in [0.1, 0.15) is 67.4 Å². The van der Waals surface area contributed by atoms with E-state index >= 15 is 0 Å². The molecule has 2 aliphatic rings. The van der Waals surface area contributed by atoms with Crippen LogP contribution >= 0.6 is 0 Å². The number of hydrogen-bond acceptors (Lipinski definition) is 6. The topological polar surface area (TPSA) is 189 Å². The molecule has 2 amide bonds. The van der Waals surface area contributed by atoms with Crippen LogP contribution in [0.25, 0.3) is 0 Å². The van der Waals surface area contributed by atoms with Crippen LogP contribution < -0.4 is 17.2 Å². The molecule has 0 spiro atoms. The Morgan fingerprint density at radius 1 is 1.13 bits per heavy atom. The van der Waals surface area contributed by atoms with Crippen molar-refractivity contribution in [2.24, 2.45) is 23.1 Å². The summed E-state index contributed by atoms with van der Waals surface area (Å²) < 4.78 is 0. The molecule has 1 aliphatic carbocycles. The molecular formula is C21H32N6O4. The second-order valence-electron chi connectivity index (χ2n) is 7.98. The molecule has 0 aromatic carbocycles. The highest BCUT2D eigenvalue weighted by Gasteiger charge is 2.52. The molecule has 1 aromatic heterocycles. The number of aromatic nitrogens is 1. The van der Waals surface area contributed by atoms with E-state index < -0.39 is 17.4 Å². The normalized spacial score (nSPS) is 21.5. The third-order valence-corrected chi connectivity index (χ3v) is 6.12. The van der Waals surface area contributed by atoms with Crippen molar-refractivity contribution in [2.45, 2.75) is 56.9 Å². The van der Waals surface area contributed by atoms with Crippen molar-refractivity contribution in [3.05, 3.63) is 29.6 Å². The molecule has 1 unspecified atom stereocenters. The first-order valence-corrected chi connectivity index (χ1v) is 10.6. The van der Waals surface area contributed by atoms with Gasteiger partial charge in [-0.25, -0.2) is 4.79 Å². The van der Waals surface area contributed by atoms with E-state index in [-0.39, 0.29) is 24.2 Å². The van der Waals surface area contributed by atoms with Gasteiger partial charge in [0.05, 0.1) is 12.1 Å². The van der Waals surface area contributed by atoms with Crippen LogP contribution in [0, 0.1) is 11.3 Å². The summed E-state index contributed by atoms with van der Waals surface area (Å²) in [6, 6.07) is 2.95. The summed E-state index contributed by atoms with van der Waals surface area (Å²) in [6.07, 6.45) is 8.80. The predicted octanol–water partition coefficient (Wildman–Crippen LogP) is 0.826. The molecule has 3 rings (SSSR count). The molecular weight excluding hydrogens is 400 g/mol. The highest BCUT2D eigenvalue weighted by atomic mass is 16.4. The number of nitrogens with zero attached hydrogens (tertiary/aromatic N) is 2. The summed E-state index contributed by atoms with van der Waals surface area (Å²) in [4.78, 5) is 39.9. The van der Waals surface area contributed by atoms with Gasteiger partial charge in [-0.1, -0.05) is 19.3 Å². The van der Waals surface area contributed by atoms with Crippen molar-refractivity contribution in [1.82, 2.24) is 9.88 Å².